The van der Waals surface area contributed by atoms with Crippen molar-refractivity contribution in [3.8, 4) is 5.75 Å². The number of hydrogen-bond donors (Lipinski definition) is 5. The SMILES string of the molecule is COc1cccc2[nH]cc(CCC3(N)N=CC=C(Nc4ccc5[nH]c(C)cc5c4)N3)c12. The first-order chi connectivity index (χ1) is 15.0. The Kier molecular flexibility index (Phi) is 4.67. The smallest absolute Gasteiger partial charge is 0.183 e. The van der Waals surface area contributed by atoms with Gasteiger partial charge in [0.1, 0.15) is 11.6 Å². The summed E-state index contributed by atoms with van der Waals surface area (Å²) in [7, 11) is 1.69. The molecule has 7 heteroatoms. The molecule has 7 nitrogen and oxygen atoms in total. The summed E-state index contributed by atoms with van der Waals surface area (Å²) in [6.45, 7) is 2.06. The monoisotopic (exact) mass is 414 g/mol. The molecule has 0 radical (unpaired) electrons. The van der Waals surface area contributed by atoms with Crippen LogP contribution in [0.4, 0.5) is 5.69 Å². The normalized spacial score (nSPS) is 18.2. The molecule has 6 N–H and O–H groups in total. The lowest BCUT2D eigenvalue weighted by molar-refractivity contribution is 0.355. The fraction of sp³-hybridized carbons (Fsp3) is 0.208. The number of ether oxygens (including phenoxy) is 1. The number of nitrogens with zero attached hydrogens (tertiary/aromatic N) is 1. The van der Waals surface area contributed by atoms with Crippen LogP contribution in [0.15, 0.2) is 65.6 Å². The van der Waals surface area contributed by atoms with E-state index in [4.69, 9.17) is 10.5 Å². The lowest BCUT2D eigenvalue weighted by Crippen LogP contribution is -2.54. The van der Waals surface area contributed by atoms with Crippen LogP contribution in [-0.4, -0.2) is 29.1 Å². The molecule has 2 aromatic heterocycles. The molecule has 0 bridgehead atoms. The molecule has 1 atom stereocenters. The average Bonchev–Trinajstić information content (AvgIpc) is 3.34. The molecular formula is C24H26N6O. The van der Waals surface area contributed by atoms with E-state index in [1.165, 1.54) is 5.39 Å². The van der Waals surface area contributed by atoms with Crippen LogP contribution in [0.25, 0.3) is 21.8 Å². The Balaban J connectivity index is 1.30. The number of fused-ring (bicyclic) bond motifs is 2. The molecule has 1 unspecified atom stereocenters. The van der Waals surface area contributed by atoms with Gasteiger partial charge >= 0.3 is 0 Å². The topological polar surface area (TPSA) is 103 Å². The third-order valence-corrected chi connectivity index (χ3v) is 5.68. The second-order valence-corrected chi connectivity index (χ2v) is 7.98. The fourth-order valence-corrected chi connectivity index (χ4v) is 4.18. The highest BCUT2D eigenvalue weighted by Gasteiger charge is 2.26. The van der Waals surface area contributed by atoms with E-state index in [-0.39, 0.29) is 0 Å². The molecule has 158 valence electrons. The summed E-state index contributed by atoms with van der Waals surface area (Å²) in [5.74, 6) is 0.787. The number of aromatic amines is 2. The summed E-state index contributed by atoms with van der Waals surface area (Å²) >= 11 is 0. The number of aliphatic imine (C=N–C) groups is 1. The number of aryl methyl sites for hydroxylation is 2. The van der Waals surface area contributed by atoms with E-state index in [1.807, 2.05) is 36.5 Å². The Morgan fingerprint density at radius 3 is 2.94 bits per heavy atom. The third kappa shape index (κ3) is 3.75. The predicted molar refractivity (Wildman–Crippen MR) is 126 cm³/mol. The van der Waals surface area contributed by atoms with Crippen molar-refractivity contribution in [3.63, 3.8) is 0 Å². The van der Waals surface area contributed by atoms with Crippen LogP contribution in [0, 0.1) is 6.92 Å². The first-order valence-electron chi connectivity index (χ1n) is 10.3. The van der Waals surface area contributed by atoms with Crippen molar-refractivity contribution in [1.82, 2.24) is 15.3 Å². The molecule has 0 saturated heterocycles. The quantitative estimate of drug-likeness (QED) is 0.327. The molecule has 1 aliphatic heterocycles. The first-order valence-corrected chi connectivity index (χ1v) is 10.3. The highest BCUT2D eigenvalue weighted by Crippen LogP contribution is 2.30. The minimum Gasteiger partial charge on any atom is -0.496 e. The van der Waals surface area contributed by atoms with E-state index in [0.717, 1.165) is 51.4 Å². The minimum atomic E-state index is -0.891. The number of methoxy groups -OCH3 is 1. The van der Waals surface area contributed by atoms with E-state index in [2.05, 4.69) is 50.7 Å². The molecule has 0 fully saturated rings. The van der Waals surface area contributed by atoms with Crippen LogP contribution in [0.5, 0.6) is 5.75 Å². The van der Waals surface area contributed by atoms with E-state index in [9.17, 15) is 0 Å². The Bertz CT molecular complexity index is 1310. The molecular weight excluding hydrogens is 388 g/mol. The zero-order valence-electron chi connectivity index (χ0n) is 17.6. The zero-order valence-corrected chi connectivity index (χ0v) is 17.6. The van der Waals surface area contributed by atoms with Crippen LogP contribution in [0.3, 0.4) is 0 Å². The summed E-state index contributed by atoms with van der Waals surface area (Å²) in [5.41, 5.74) is 12.1. The number of hydrogen-bond acceptors (Lipinski definition) is 5. The Hall–Kier alpha value is -3.71. The van der Waals surface area contributed by atoms with Gasteiger partial charge < -0.3 is 25.3 Å². The maximum Gasteiger partial charge on any atom is 0.183 e. The van der Waals surface area contributed by atoms with Gasteiger partial charge in [-0.05, 0) is 61.4 Å². The molecule has 0 aliphatic carbocycles. The summed E-state index contributed by atoms with van der Waals surface area (Å²) in [4.78, 5) is 11.2. The summed E-state index contributed by atoms with van der Waals surface area (Å²) in [5, 5.41) is 9.03. The lowest BCUT2D eigenvalue weighted by atomic mass is 10.0. The van der Waals surface area contributed by atoms with Crippen molar-refractivity contribution in [1.29, 1.82) is 0 Å². The van der Waals surface area contributed by atoms with E-state index in [0.29, 0.717) is 6.42 Å². The molecule has 0 amide bonds. The van der Waals surface area contributed by atoms with Crippen LogP contribution in [0.1, 0.15) is 17.7 Å². The van der Waals surface area contributed by atoms with Gasteiger partial charge in [-0.2, -0.15) is 0 Å². The van der Waals surface area contributed by atoms with Crippen LogP contribution in [-0.2, 0) is 6.42 Å². The van der Waals surface area contributed by atoms with Crippen molar-refractivity contribution in [2.45, 2.75) is 25.6 Å². The number of aromatic nitrogens is 2. The Labute approximate surface area is 180 Å². The molecule has 0 spiro atoms. The van der Waals surface area contributed by atoms with Crippen molar-refractivity contribution in [3.05, 3.63) is 71.8 Å². The van der Waals surface area contributed by atoms with Crippen molar-refractivity contribution in [2.75, 3.05) is 12.4 Å². The second kappa shape index (κ2) is 7.52. The Morgan fingerprint density at radius 2 is 2.06 bits per heavy atom. The van der Waals surface area contributed by atoms with Crippen LogP contribution >= 0.6 is 0 Å². The van der Waals surface area contributed by atoms with Crippen molar-refractivity contribution in [2.24, 2.45) is 10.7 Å². The van der Waals surface area contributed by atoms with E-state index < -0.39 is 5.79 Å². The van der Waals surface area contributed by atoms with Gasteiger partial charge in [-0.25, -0.2) is 0 Å². The van der Waals surface area contributed by atoms with Gasteiger partial charge in [-0.3, -0.25) is 10.7 Å². The van der Waals surface area contributed by atoms with Crippen LogP contribution < -0.4 is 21.1 Å². The summed E-state index contributed by atoms with van der Waals surface area (Å²) < 4.78 is 5.54. The number of benzene rings is 2. The van der Waals surface area contributed by atoms with E-state index in [1.54, 1.807) is 13.3 Å². The number of nitrogens with one attached hydrogen (secondary N) is 4. The molecule has 31 heavy (non-hydrogen) atoms. The number of allylic oxidation sites excluding steroid dienone is 1. The minimum absolute atomic E-state index is 0.629. The largest absolute Gasteiger partial charge is 0.496 e. The maximum absolute atomic E-state index is 6.59. The molecule has 4 aromatic rings. The standard InChI is InChI=1S/C24H26N6O/c1-15-12-17-13-18(6-7-19(17)28-15)29-22-9-11-27-24(25,30-22)10-8-16-14-26-20-4-3-5-21(31-2)23(16)20/h3-7,9,11-14,26,28-30H,8,10,25H2,1-2H3. The predicted octanol–water partition coefficient (Wildman–Crippen LogP) is 4.14. The molecule has 2 aromatic carbocycles. The van der Waals surface area contributed by atoms with Gasteiger partial charge in [0.15, 0.2) is 5.79 Å². The molecule has 1 aliphatic rings. The van der Waals surface area contributed by atoms with Gasteiger partial charge in [0, 0.05) is 52.0 Å². The highest BCUT2D eigenvalue weighted by atomic mass is 16.5. The summed E-state index contributed by atoms with van der Waals surface area (Å²) in [6, 6.07) is 14.4. The number of nitrogens with two attached hydrogens (primary N) is 1. The number of anilines is 1. The molecule has 0 saturated carbocycles. The zero-order chi connectivity index (χ0) is 21.4. The number of rotatable bonds is 6. The maximum atomic E-state index is 6.59. The fourth-order valence-electron chi connectivity index (χ4n) is 4.18. The second-order valence-electron chi connectivity index (χ2n) is 7.98. The van der Waals surface area contributed by atoms with Crippen molar-refractivity contribution < 1.29 is 4.74 Å². The van der Waals surface area contributed by atoms with Crippen molar-refractivity contribution >= 4 is 33.7 Å². The van der Waals surface area contributed by atoms with Gasteiger partial charge in [0.05, 0.1) is 7.11 Å². The third-order valence-electron chi connectivity index (χ3n) is 5.68. The number of H-pyrrole nitrogens is 2. The lowest BCUT2D eigenvalue weighted by Gasteiger charge is -2.31. The molecule has 5 rings (SSSR count). The first kappa shape index (κ1) is 19.3. The summed E-state index contributed by atoms with van der Waals surface area (Å²) in [6.07, 6.45) is 7.05. The van der Waals surface area contributed by atoms with Crippen LogP contribution in [0.2, 0.25) is 0 Å². The van der Waals surface area contributed by atoms with E-state index >= 15 is 0 Å². The Morgan fingerprint density at radius 1 is 1.16 bits per heavy atom. The van der Waals surface area contributed by atoms with Gasteiger partial charge in [0.25, 0.3) is 0 Å². The van der Waals surface area contributed by atoms with Gasteiger partial charge in [0.2, 0.25) is 0 Å². The van der Waals surface area contributed by atoms with Gasteiger partial charge in [-0.15, -0.1) is 0 Å². The molecule has 3 heterocycles. The highest BCUT2D eigenvalue weighted by molar-refractivity contribution is 5.89. The van der Waals surface area contributed by atoms with Gasteiger partial charge in [-0.1, -0.05) is 6.07 Å². The average molecular weight is 415 g/mol.